The van der Waals surface area contributed by atoms with E-state index in [0.717, 1.165) is 0 Å². The molecule has 1 aromatic heterocycles. The molecule has 10 heteroatoms. The molecular weight excluding hydrogens is 409 g/mol. The topological polar surface area (TPSA) is 80.2 Å². The van der Waals surface area contributed by atoms with Crippen LogP contribution in [0.5, 0.6) is 0 Å². The summed E-state index contributed by atoms with van der Waals surface area (Å²) in [5, 5.41) is 0. The van der Waals surface area contributed by atoms with E-state index < -0.39 is 21.9 Å². The second kappa shape index (κ2) is 5.41. The van der Waals surface area contributed by atoms with Crippen LogP contribution in [0.15, 0.2) is 15.4 Å². The van der Waals surface area contributed by atoms with Crippen LogP contribution in [0.1, 0.15) is 6.42 Å². The van der Waals surface area contributed by atoms with E-state index in [-0.39, 0.29) is 18.9 Å². The summed E-state index contributed by atoms with van der Waals surface area (Å²) in [4.78, 5) is 21.2. The highest BCUT2D eigenvalue weighted by atomic mass is 79.9. The molecule has 0 spiro atoms. The molecule has 1 fully saturated rings. The van der Waals surface area contributed by atoms with Gasteiger partial charge in [-0.15, -0.1) is 3.89 Å². The number of carbonyl (C=O) groups excluding carboxylic acids is 1. The quantitative estimate of drug-likeness (QED) is 0.700. The first kappa shape index (κ1) is 14.8. The van der Waals surface area contributed by atoms with Crippen molar-refractivity contribution in [2.45, 2.75) is 6.42 Å². The first-order valence-electron chi connectivity index (χ1n) is 5.17. The van der Waals surface area contributed by atoms with Gasteiger partial charge in [0.1, 0.15) is 9.21 Å². The molecule has 1 saturated heterocycles. The van der Waals surface area contributed by atoms with Crippen LogP contribution in [-0.2, 0) is 15.0 Å². The van der Waals surface area contributed by atoms with Crippen molar-refractivity contribution in [1.82, 2.24) is 9.97 Å². The lowest BCUT2D eigenvalue weighted by Gasteiger charge is -2.16. The monoisotopic (exact) mass is 415 g/mol. The summed E-state index contributed by atoms with van der Waals surface area (Å²) in [6.07, 6.45) is 1.40. The zero-order chi connectivity index (χ0) is 14.2. The fourth-order valence-corrected chi connectivity index (χ4v) is 3.71. The average Bonchev–Trinajstić information content (AvgIpc) is 2.56. The van der Waals surface area contributed by atoms with Crippen LogP contribution in [0.4, 0.5) is 9.70 Å². The summed E-state index contributed by atoms with van der Waals surface area (Å²) < 4.78 is 34.7. The smallest absolute Gasteiger partial charge is 0.294 e. The van der Waals surface area contributed by atoms with Gasteiger partial charge in [-0.2, -0.15) is 8.42 Å². The SMILES string of the molecule is O=C1CC(CS(=O)(=O)F)CN1c1ncc(Br)nc1Br. The Labute approximate surface area is 125 Å². The van der Waals surface area contributed by atoms with E-state index in [1.165, 1.54) is 11.1 Å². The van der Waals surface area contributed by atoms with E-state index in [9.17, 15) is 17.1 Å². The highest BCUT2D eigenvalue weighted by Gasteiger charge is 2.35. The first-order chi connectivity index (χ1) is 8.76. The Bertz CT molecular complexity index is 625. The average molecular weight is 417 g/mol. The molecule has 0 saturated carbocycles. The normalized spacial score (nSPS) is 20.1. The molecule has 0 N–H and O–H groups in total. The predicted molar refractivity (Wildman–Crippen MR) is 72.8 cm³/mol. The standard InChI is InChI=1S/C9H8Br2FN3O3S/c10-6-2-13-9(8(11)14-6)15-3-5(1-7(15)16)4-19(12,17)18/h2,5H,1,3-4H2. The summed E-state index contributed by atoms with van der Waals surface area (Å²) in [6.45, 7) is 0.108. The van der Waals surface area contributed by atoms with Crippen LogP contribution in [0.3, 0.4) is 0 Å². The van der Waals surface area contributed by atoms with Gasteiger partial charge in [0, 0.05) is 18.9 Å². The van der Waals surface area contributed by atoms with Crippen molar-refractivity contribution in [2.75, 3.05) is 17.2 Å². The number of aromatic nitrogens is 2. The first-order valence-corrected chi connectivity index (χ1v) is 8.31. The van der Waals surface area contributed by atoms with E-state index in [4.69, 9.17) is 0 Å². The van der Waals surface area contributed by atoms with Crippen LogP contribution in [-0.4, -0.2) is 36.6 Å². The minimum Gasteiger partial charge on any atom is -0.294 e. The van der Waals surface area contributed by atoms with Crippen molar-refractivity contribution in [1.29, 1.82) is 0 Å². The maximum atomic E-state index is 12.6. The van der Waals surface area contributed by atoms with Gasteiger partial charge >= 0.3 is 10.2 Å². The lowest BCUT2D eigenvalue weighted by Crippen LogP contribution is -2.27. The Morgan fingerprint density at radius 3 is 2.74 bits per heavy atom. The lowest BCUT2D eigenvalue weighted by molar-refractivity contribution is -0.117. The van der Waals surface area contributed by atoms with E-state index in [1.807, 2.05) is 0 Å². The molecule has 0 aromatic carbocycles. The Hall–Kier alpha value is -0.610. The maximum absolute atomic E-state index is 12.6. The Balaban J connectivity index is 2.20. The molecule has 1 aliphatic heterocycles. The van der Waals surface area contributed by atoms with Gasteiger partial charge in [0.05, 0.1) is 11.9 Å². The fourth-order valence-electron chi connectivity index (χ4n) is 1.90. The molecule has 1 aliphatic rings. The number of halogens is 3. The Morgan fingerprint density at radius 1 is 1.47 bits per heavy atom. The molecule has 19 heavy (non-hydrogen) atoms. The van der Waals surface area contributed by atoms with Crippen molar-refractivity contribution in [2.24, 2.45) is 5.92 Å². The molecule has 0 bridgehead atoms. The van der Waals surface area contributed by atoms with Crippen LogP contribution in [0.25, 0.3) is 0 Å². The van der Waals surface area contributed by atoms with Crippen molar-refractivity contribution in [3.63, 3.8) is 0 Å². The van der Waals surface area contributed by atoms with Crippen molar-refractivity contribution < 1.29 is 17.1 Å². The summed E-state index contributed by atoms with van der Waals surface area (Å²) >= 11 is 6.31. The maximum Gasteiger partial charge on any atom is 0.302 e. The molecule has 1 aromatic rings. The number of amides is 1. The van der Waals surface area contributed by atoms with Gasteiger partial charge in [-0.3, -0.25) is 9.69 Å². The Kier molecular flexibility index (Phi) is 4.21. The van der Waals surface area contributed by atoms with E-state index >= 15 is 0 Å². The lowest BCUT2D eigenvalue weighted by atomic mass is 10.1. The van der Waals surface area contributed by atoms with Crippen molar-refractivity contribution >= 4 is 53.8 Å². The molecule has 2 rings (SSSR count). The number of rotatable bonds is 3. The number of anilines is 1. The van der Waals surface area contributed by atoms with Crippen LogP contribution >= 0.6 is 31.9 Å². The fraction of sp³-hybridized carbons (Fsp3) is 0.444. The van der Waals surface area contributed by atoms with Crippen molar-refractivity contribution in [3.8, 4) is 0 Å². The molecule has 0 radical (unpaired) electrons. The minimum absolute atomic E-state index is 0.0205. The van der Waals surface area contributed by atoms with Crippen molar-refractivity contribution in [3.05, 3.63) is 15.4 Å². The highest BCUT2D eigenvalue weighted by Crippen LogP contribution is 2.29. The molecule has 1 amide bonds. The molecular formula is C9H8Br2FN3O3S. The zero-order valence-electron chi connectivity index (χ0n) is 9.38. The second-order valence-electron chi connectivity index (χ2n) is 4.09. The second-order valence-corrected chi connectivity index (χ2v) is 7.06. The predicted octanol–water partition coefficient (Wildman–Crippen LogP) is 1.65. The zero-order valence-corrected chi connectivity index (χ0v) is 13.4. The summed E-state index contributed by atoms with van der Waals surface area (Å²) in [5.74, 6) is -1.23. The van der Waals surface area contributed by atoms with Gasteiger partial charge in [0.2, 0.25) is 5.91 Å². The third-order valence-corrected chi connectivity index (χ3v) is 4.36. The number of nitrogens with zero attached hydrogens (tertiary/aromatic N) is 3. The van der Waals surface area contributed by atoms with Gasteiger partial charge in [0.25, 0.3) is 0 Å². The minimum atomic E-state index is -4.59. The van der Waals surface area contributed by atoms with E-state index in [2.05, 4.69) is 41.8 Å². The van der Waals surface area contributed by atoms with Crippen LogP contribution in [0.2, 0.25) is 0 Å². The molecule has 6 nitrogen and oxygen atoms in total. The molecule has 104 valence electrons. The van der Waals surface area contributed by atoms with E-state index in [1.54, 1.807) is 0 Å². The molecule has 0 aliphatic carbocycles. The molecule has 1 unspecified atom stereocenters. The Morgan fingerprint density at radius 2 is 2.16 bits per heavy atom. The van der Waals surface area contributed by atoms with Gasteiger partial charge < -0.3 is 0 Å². The number of carbonyl (C=O) groups is 1. The molecule has 2 heterocycles. The number of hydrogen-bond acceptors (Lipinski definition) is 5. The summed E-state index contributed by atoms with van der Waals surface area (Å²) in [6, 6.07) is 0. The van der Waals surface area contributed by atoms with E-state index in [0.29, 0.717) is 15.0 Å². The van der Waals surface area contributed by atoms with Crippen LogP contribution < -0.4 is 4.90 Å². The summed E-state index contributed by atoms with van der Waals surface area (Å²) in [7, 11) is -4.59. The van der Waals surface area contributed by atoms with Gasteiger partial charge in [0.15, 0.2) is 5.82 Å². The summed E-state index contributed by atoms with van der Waals surface area (Å²) in [5.41, 5.74) is 0. The number of hydrogen-bond donors (Lipinski definition) is 0. The van der Waals surface area contributed by atoms with Gasteiger partial charge in [-0.1, -0.05) is 0 Å². The third-order valence-electron chi connectivity index (χ3n) is 2.58. The van der Waals surface area contributed by atoms with Gasteiger partial charge in [-0.05, 0) is 31.9 Å². The highest BCUT2D eigenvalue weighted by molar-refractivity contribution is 9.11. The van der Waals surface area contributed by atoms with Gasteiger partial charge in [-0.25, -0.2) is 9.97 Å². The largest absolute Gasteiger partial charge is 0.302 e. The molecule has 1 atom stereocenters. The third kappa shape index (κ3) is 3.69. The van der Waals surface area contributed by atoms with Crippen LogP contribution in [0, 0.1) is 5.92 Å².